The van der Waals surface area contributed by atoms with Gasteiger partial charge in [0.2, 0.25) is 5.52 Å². The molecule has 0 aliphatic rings. The van der Waals surface area contributed by atoms with Crippen molar-refractivity contribution in [3.63, 3.8) is 0 Å². The Hall–Kier alpha value is -5.18. The highest BCUT2D eigenvalue weighted by Crippen LogP contribution is 2.44. The number of hydrogen-bond donors (Lipinski definition) is 0. The van der Waals surface area contributed by atoms with Gasteiger partial charge in [-0.15, -0.1) is 0 Å². The zero-order valence-electron chi connectivity index (χ0n) is 22.3. The van der Waals surface area contributed by atoms with Crippen LogP contribution in [0.15, 0.2) is 99.8 Å². The van der Waals surface area contributed by atoms with E-state index in [0.29, 0.717) is 5.56 Å². The molecule has 0 radical (unpaired) electrons. The monoisotopic (exact) mass is 545 g/mol. The quantitative estimate of drug-likeness (QED) is 0.152. The van der Waals surface area contributed by atoms with Gasteiger partial charge in [-0.3, -0.25) is 0 Å². The predicted octanol–water partition coefficient (Wildman–Crippen LogP) is 9.68. The Morgan fingerprint density at radius 1 is 0.707 bits per heavy atom. The third-order valence-corrected chi connectivity index (χ3v) is 9.78. The number of nitriles is 1. The average molecular weight is 546 g/mol. The number of benzene rings is 6. The molecule has 3 heterocycles. The van der Waals surface area contributed by atoms with E-state index in [-0.39, 0.29) is 0 Å². The van der Waals surface area contributed by atoms with Gasteiger partial charge < -0.3 is 8.83 Å². The molecule has 0 spiro atoms. The van der Waals surface area contributed by atoms with Gasteiger partial charge in [0.25, 0.3) is 5.01 Å². The summed E-state index contributed by atoms with van der Waals surface area (Å²) < 4.78 is 16.4. The summed E-state index contributed by atoms with van der Waals surface area (Å²) in [6.45, 7) is 2.13. The largest absolute Gasteiger partial charge is 0.456 e. The van der Waals surface area contributed by atoms with Gasteiger partial charge in [0.05, 0.1) is 17.0 Å². The molecule has 5 heteroatoms. The Labute approximate surface area is 237 Å². The van der Waals surface area contributed by atoms with Crippen LogP contribution in [-0.4, -0.2) is 0 Å². The van der Waals surface area contributed by atoms with Crippen LogP contribution in [0.25, 0.3) is 86.2 Å². The van der Waals surface area contributed by atoms with Crippen molar-refractivity contribution in [1.82, 2.24) is 0 Å². The lowest BCUT2D eigenvalue weighted by molar-refractivity contribution is -0.629. The van der Waals surface area contributed by atoms with Crippen LogP contribution in [0.4, 0.5) is 0 Å². The molecule has 0 saturated heterocycles. The fourth-order valence-electron chi connectivity index (χ4n) is 6.46. The lowest BCUT2D eigenvalue weighted by atomic mass is 10.00. The van der Waals surface area contributed by atoms with Gasteiger partial charge in [-0.2, -0.15) is 9.83 Å². The Balaban J connectivity index is 1.37. The molecular weight excluding hydrogens is 524 g/mol. The summed E-state index contributed by atoms with van der Waals surface area (Å²) >= 11 is 1.77. The zero-order valence-corrected chi connectivity index (χ0v) is 23.1. The average Bonchev–Trinajstić information content (AvgIpc) is 3.66. The van der Waals surface area contributed by atoms with Crippen molar-refractivity contribution >= 4 is 87.0 Å². The first-order valence-electron chi connectivity index (χ1n) is 13.5. The maximum Gasteiger partial charge on any atom is 0.273 e. The van der Waals surface area contributed by atoms with Crippen LogP contribution in [0.5, 0.6) is 0 Å². The fraction of sp³-hybridized carbons (Fsp3) is 0.0556. The van der Waals surface area contributed by atoms with Gasteiger partial charge >= 0.3 is 0 Å². The topological polar surface area (TPSA) is 54.0 Å². The molecule has 0 atom stereocenters. The molecule has 0 unspecified atom stereocenters. The van der Waals surface area contributed by atoms with E-state index in [9.17, 15) is 5.26 Å². The van der Waals surface area contributed by atoms with Gasteiger partial charge in [-0.05, 0) is 70.4 Å². The smallest absolute Gasteiger partial charge is 0.273 e. The van der Waals surface area contributed by atoms with E-state index in [0.717, 1.165) is 65.5 Å². The van der Waals surface area contributed by atoms with E-state index in [4.69, 9.17) is 8.83 Å². The summed E-state index contributed by atoms with van der Waals surface area (Å²) in [4.78, 5) is 0. The minimum Gasteiger partial charge on any atom is -0.456 e. The molecule has 41 heavy (non-hydrogen) atoms. The van der Waals surface area contributed by atoms with Gasteiger partial charge in [0.15, 0.2) is 5.58 Å². The molecule has 0 fully saturated rings. The van der Waals surface area contributed by atoms with Crippen LogP contribution in [-0.2, 0) is 7.05 Å². The molecule has 6 aromatic carbocycles. The van der Waals surface area contributed by atoms with E-state index < -0.39 is 0 Å². The van der Waals surface area contributed by atoms with Crippen molar-refractivity contribution in [2.45, 2.75) is 6.92 Å². The number of fused-ring (bicyclic) bond motifs is 11. The van der Waals surface area contributed by atoms with Crippen LogP contribution in [0.2, 0.25) is 0 Å². The van der Waals surface area contributed by atoms with Gasteiger partial charge in [0.1, 0.15) is 34.1 Å². The van der Waals surface area contributed by atoms with E-state index >= 15 is 0 Å². The summed E-state index contributed by atoms with van der Waals surface area (Å²) in [6, 6.07) is 33.8. The van der Waals surface area contributed by atoms with Gasteiger partial charge in [-0.1, -0.05) is 59.9 Å². The van der Waals surface area contributed by atoms with Crippen LogP contribution in [0, 0.1) is 18.3 Å². The molecule has 9 rings (SSSR count). The second-order valence-corrected chi connectivity index (χ2v) is 11.8. The number of aromatic nitrogens is 1. The second kappa shape index (κ2) is 7.94. The van der Waals surface area contributed by atoms with Crippen molar-refractivity contribution in [2.75, 3.05) is 0 Å². The normalized spacial score (nSPS) is 12.1. The first-order chi connectivity index (χ1) is 20.1. The Kier molecular flexibility index (Phi) is 4.38. The van der Waals surface area contributed by atoms with E-state index in [1.807, 2.05) is 18.2 Å². The minimum atomic E-state index is 0.594. The highest BCUT2D eigenvalue weighted by Gasteiger charge is 2.27. The lowest BCUT2D eigenvalue weighted by Crippen LogP contribution is -2.28. The third-order valence-electron chi connectivity index (χ3n) is 8.49. The van der Waals surface area contributed by atoms with Crippen molar-refractivity contribution in [3.05, 3.63) is 102 Å². The van der Waals surface area contributed by atoms with Crippen LogP contribution in [0.1, 0.15) is 11.1 Å². The molecule has 9 aromatic rings. The van der Waals surface area contributed by atoms with E-state index in [2.05, 4.69) is 97.4 Å². The first kappa shape index (κ1) is 22.6. The summed E-state index contributed by atoms with van der Waals surface area (Å²) in [7, 11) is 2.12. The highest BCUT2D eigenvalue weighted by atomic mass is 32.1. The molecule has 0 amide bonds. The van der Waals surface area contributed by atoms with E-state index in [1.54, 1.807) is 11.3 Å². The molecule has 0 aliphatic heterocycles. The van der Waals surface area contributed by atoms with Crippen molar-refractivity contribution in [2.24, 2.45) is 7.05 Å². The first-order valence-corrected chi connectivity index (χ1v) is 14.4. The summed E-state index contributed by atoms with van der Waals surface area (Å²) in [6.07, 6.45) is 0. The predicted molar refractivity (Wildman–Crippen MR) is 167 cm³/mol. The minimum absolute atomic E-state index is 0.594. The second-order valence-electron chi connectivity index (χ2n) is 10.8. The van der Waals surface area contributed by atoms with Crippen LogP contribution < -0.4 is 4.57 Å². The molecule has 4 nitrogen and oxygen atoms in total. The zero-order chi connectivity index (χ0) is 27.4. The molecular formula is C36H21N2O2S+. The van der Waals surface area contributed by atoms with Crippen molar-refractivity contribution < 1.29 is 13.4 Å². The molecule has 192 valence electrons. The third kappa shape index (κ3) is 3.00. The van der Waals surface area contributed by atoms with E-state index in [1.165, 1.54) is 26.2 Å². The molecule has 0 N–H and O–H groups in total. The fourth-order valence-corrected chi connectivity index (χ4v) is 7.87. The number of thiazole rings is 1. The van der Waals surface area contributed by atoms with Gasteiger partial charge in [-0.25, -0.2) is 0 Å². The Morgan fingerprint density at radius 2 is 1.54 bits per heavy atom. The van der Waals surface area contributed by atoms with Gasteiger partial charge in [0, 0.05) is 22.2 Å². The Bertz CT molecular complexity index is 2630. The number of hydrogen-bond acceptors (Lipinski definition) is 4. The number of furan rings is 2. The maximum absolute atomic E-state index is 9.42. The molecule has 0 saturated carbocycles. The maximum atomic E-state index is 9.42. The standard InChI is InChI=1S/C36H21N2O2S/c1-19-7-11-25-24-12-8-20(18-37)15-30(24)40-34(25)32(19)36-38(2)28-13-14-29-33(35(28)41-36)27-17-26-22(16-31(27)39-29)10-9-21-5-3-4-6-23(21)26/h3-17H,1-2H3/q+1. The number of rotatable bonds is 1. The summed E-state index contributed by atoms with van der Waals surface area (Å²) in [5.41, 5.74) is 7.34. The lowest BCUT2D eigenvalue weighted by Gasteiger charge is -2.04. The van der Waals surface area contributed by atoms with Crippen LogP contribution >= 0.6 is 11.3 Å². The number of aryl methyl sites for hydroxylation is 2. The summed E-state index contributed by atoms with van der Waals surface area (Å²) in [5, 5.41) is 19.8. The SMILES string of the molecule is Cc1ccc2c(oc3cc(C#N)ccc32)c1-c1sc2c3c(ccc2[n+]1C)oc1cc2ccc4ccccc4c2cc13. The number of nitrogens with zero attached hydrogens (tertiary/aromatic N) is 2. The summed E-state index contributed by atoms with van der Waals surface area (Å²) in [5.74, 6) is 0. The highest BCUT2D eigenvalue weighted by molar-refractivity contribution is 7.22. The van der Waals surface area contributed by atoms with Crippen molar-refractivity contribution in [3.8, 4) is 16.6 Å². The van der Waals surface area contributed by atoms with Crippen molar-refractivity contribution in [1.29, 1.82) is 5.26 Å². The molecule has 0 aliphatic carbocycles. The molecule has 3 aromatic heterocycles. The van der Waals surface area contributed by atoms with Crippen LogP contribution in [0.3, 0.4) is 0 Å². The molecule has 0 bridgehead atoms. The Morgan fingerprint density at radius 3 is 2.44 bits per heavy atom.